The first-order valence-corrected chi connectivity index (χ1v) is 11.9. The lowest BCUT2D eigenvalue weighted by Crippen LogP contribution is -2.37. The van der Waals surface area contributed by atoms with E-state index in [2.05, 4.69) is 59.2 Å². The molecule has 0 aliphatic carbocycles. The van der Waals surface area contributed by atoms with Crippen molar-refractivity contribution in [3.8, 4) is 11.5 Å². The smallest absolute Gasteiger partial charge is 0.227 e. The molecule has 0 bridgehead atoms. The maximum atomic E-state index is 12.9. The monoisotopic (exact) mass is 453 g/mol. The summed E-state index contributed by atoms with van der Waals surface area (Å²) in [6, 6.07) is 20.5. The Hall–Kier alpha value is -3.64. The molecule has 4 aromatic rings. The Labute approximate surface area is 200 Å². The van der Waals surface area contributed by atoms with Crippen molar-refractivity contribution in [1.82, 2.24) is 19.2 Å². The number of carbonyl (C=O) groups is 1. The molecule has 0 radical (unpaired) electrons. The zero-order valence-electron chi connectivity index (χ0n) is 19.8. The Morgan fingerprint density at radius 1 is 0.971 bits per heavy atom. The van der Waals surface area contributed by atoms with Crippen LogP contribution in [-0.4, -0.2) is 38.2 Å². The zero-order chi connectivity index (χ0) is 23.5. The van der Waals surface area contributed by atoms with Crippen LogP contribution in [0.5, 0.6) is 0 Å². The van der Waals surface area contributed by atoms with Crippen LogP contribution < -0.4 is 5.32 Å². The van der Waals surface area contributed by atoms with Crippen molar-refractivity contribution in [2.75, 3.05) is 18.4 Å². The topological polar surface area (TPSA) is 55.1 Å². The number of para-hydroxylation sites is 1. The summed E-state index contributed by atoms with van der Waals surface area (Å²) in [6.45, 7) is 6.72. The van der Waals surface area contributed by atoms with Gasteiger partial charge in [-0.2, -0.15) is 5.10 Å². The van der Waals surface area contributed by atoms with Crippen molar-refractivity contribution in [2.24, 2.45) is 5.92 Å². The van der Waals surface area contributed by atoms with Crippen LogP contribution in [-0.2, 0) is 11.3 Å². The average molecular weight is 454 g/mol. The van der Waals surface area contributed by atoms with Gasteiger partial charge in [-0.1, -0.05) is 24.3 Å². The van der Waals surface area contributed by atoms with E-state index in [9.17, 15) is 4.79 Å². The largest absolute Gasteiger partial charge is 0.326 e. The van der Waals surface area contributed by atoms with Crippen molar-refractivity contribution in [1.29, 1.82) is 0 Å². The summed E-state index contributed by atoms with van der Waals surface area (Å²) in [5, 5.41) is 7.85. The standard InChI is InChI=1S/C28H31N5O/c1-21-16-22(2)18-25(17-21)30-27(34)23-10-14-31(15-11-23)20-24-19-29-33(26-8-4-3-5-9-26)28(24)32-12-6-7-13-32/h3-9,12-13,16-19,23H,10-11,14-15,20H2,1-2H3,(H,30,34). The number of benzene rings is 2. The fraction of sp³-hybridized carbons (Fsp3) is 0.286. The van der Waals surface area contributed by atoms with Crippen molar-refractivity contribution < 1.29 is 4.79 Å². The molecule has 0 unspecified atom stereocenters. The molecule has 34 heavy (non-hydrogen) atoms. The van der Waals surface area contributed by atoms with Crippen molar-refractivity contribution in [3.63, 3.8) is 0 Å². The minimum atomic E-state index is 0.0491. The normalized spacial score (nSPS) is 14.9. The first kappa shape index (κ1) is 22.2. The summed E-state index contributed by atoms with van der Waals surface area (Å²) in [7, 11) is 0. The average Bonchev–Trinajstić information content (AvgIpc) is 3.49. The van der Waals surface area contributed by atoms with Crippen LogP contribution in [0, 0.1) is 19.8 Å². The van der Waals surface area contributed by atoms with E-state index in [0.29, 0.717) is 0 Å². The third kappa shape index (κ3) is 4.82. The fourth-order valence-corrected chi connectivity index (χ4v) is 4.88. The van der Waals surface area contributed by atoms with Gasteiger partial charge in [0.05, 0.1) is 11.9 Å². The Morgan fingerprint density at radius 2 is 1.65 bits per heavy atom. The number of aryl methyl sites for hydroxylation is 2. The molecule has 6 heteroatoms. The number of anilines is 1. The second-order valence-electron chi connectivity index (χ2n) is 9.25. The van der Waals surface area contributed by atoms with E-state index in [1.54, 1.807) is 0 Å². The summed E-state index contributed by atoms with van der Waals surface area (Å²) in [6.07, 6.45) is 7.82. The molecule has 0 saturated carbocycles. The Morgan fingerprint density at radius 3 is 2.32 bits per heavy atom. The molecule has 1 aliphatic heterocycles. The van der Waals surface area contributed by atoms with Gasteiger partial charge in [-0.05, 0) is 87.3 Å². The van der Waals surface area contributed by atoms with E-state index in [-0.39, 0.29) is 11.8 Å². The summed E-state index contributed by atoms with van der Waals surface area (Å²) in [5.74, 6) is 1.24. The van der Waals surface area contributed by atoms with Crippen LogP contribution in [0.4, 0.5) is 5.69 Å². The highest BCUT2D eigenvalue weighted by atomic mass is 16.1. The van der Waals surface area contributed by atoms with Gasteiger partial charge >= 0.3 is 0 Å². The molecule has 174 valence electrons. The Kier molecular flexibility index (Phi) is 6.32. The van der Waals surface area contributed by atoms with Crippen molar-refractivity contribution in [2.45, 2.75) is 33.2 Å². The maximum absolute atomic E-state index is 12.9. The number of aromatic nitrogens is 3. The van der Waals surface area contributed by atoms with Crippen LogP contribution in [0.2, 0.25) is 0 Å². The third-order valence-electron chi connectivity index (χ3n) is 6.51. The number of carbonyl (C=O) groups excluding carboxylic acids is 1. The number of piperidine rings is 1. The summed E-state index contributed by atoms with van der Waals surface area (Å²) < 4.78 is 4.12. The van der Waals surface area contributed by atoms with Gasteiger partial charge in [0.25, 0.3) is 0 Å². The highest BCUT2D eigenvalue weighted by molar-refractivity contribution is 5.92. The molecule has 2 aromatic carbocycles. The molecule has 1 N–H and O–H groups in total. The number of hydrogen-bond acceptors (Lipinski definition) is 3. The van der Waals surface area contributed by atoms with Crippen molar-refractivity contribution in [3.05, 3.63) is 95.9 Å². The lowest BCUT2D eigenvalue weighted by Gasteiger charge is -2.31. The zero-order valence-corrected chi connectivity index (χ0v) is 19.8. The number of rotatable bonds is 6. The van der Waals surface area contributed by atoms with Crippen LogP contribution in [0.15, 0.2) is 79.3 Å². The number of amides is 1. The molecule has 5 rings (SSSR count). The van der Waals surface area contributed by atoms with Gasteiger partial charge in [0.1, 0.15) is 5.82 Å². The van der Waals surface area contributed by atoms with Gasteiger partial charge in [0, 0.05) is 36.1 Å². The molecular weight excluding hydrogens is 422 g/mol. The molecule has 3 heterocycles. The lowest BCUT2D eigenvalue weighted by atomic mass is 9.95. The highest BCUT2D eigenvalue weighted by Gasteiger charge is 2.26. The van der Waals surface area contributed by atoms with E-state index in [1.165, 1.54) is 16.7 Å². The second kappa shape index (κ2) is 9.69. The molecular formula is C28H31N5O. The second-order valence-corrected chi connectivity index (χ2v) is 9.25. The van der Waals surface area contributed by atoms with Crippen LogP contribution in [0.3, 0.4) is 0 Å². The third-order valence-corrected chi connectivity index (χ3v) is 6.51. The van der Waals surface area contributed by atoms with Crippen LogP contribution in [0.25, 0.3) is 11.5 Å². The minimum Gasteiger partial charge on any atom is -0.326 e. The molecule has 1 fully saturated rings. The maximum Gasteiger partial charge on any atom is 0.227 e. The number of nitrogens with one attached hydrogen (secondary N) is 1. The lowest BCUT2D eigenvalue weighted by molar-refractivity contribution is -0.121. The van der Waals surface area contributed by atoms with E-state index >= 15 is 0 Å². The van der Waals surface area contributed by atoms with Gasteiger partial charge in [0.2, 0.25) is 5.91 Å². The first-order chi connectivity index (χ1) is 16.6. The highest BCUT2D eigenvalue weighted by Crippen LogP contribution is 2.25. The summed E-state index contributed by atoms with van der Waals surface area (Å²) in [5.41, 5.74) is 5.45. The van der Waals surface area contributed by atoms with Crippen molar-refractivity contribution >= 4 is 11.6 Å². The van der Waals surface area contributed by atoms with E-state index < -0.39 is 0 Å². The minimum absolute atomic E-state index is 0.0491. The van der Waals surface area contributed by atoms with Gasteiger partial charge in [0.15, 0.2) is 0 Å². The molecule has 1 saturated heterocycles. The quantitative estimate of drug-likeness (QED) is 0.440. The molecule has 0 atom stereocenters. The number of nitrogens with zero attached hydrogens (tertiary/aromatic N) is 4. The predicted molar refractivity (Wildman–Crippen MR) is 135 cm³/mol. The Bertz CT molecular complexity index is 1230. The van der Waals surface area contributed by atoms with Gasteiger partial charge < -0.3 is 9.88 Å². The van der Waals surface area contributed by atoms with Gasteiger partial charge in [-0.3, -0.25) is 9.69 Å². The van der Waals surface area contributed by atoms with Gasteiger partial charge in [-0.25, -0.2) is 4.68 Å². The molecule has 1 amide bonds. The number of likely N-dealkylation sites (tertiary alicyclic amines) is 1. The number of hydrogen-bond donors (Lipinski definition) is 1. The molecule has 0 spiro atoms. The summed E-state index contributed by atoms with van der Waals surface area (Å²) >= 11 is 0. The van der Waals surface area contributed by atoms with Crippen LogP contribution >= 0.6 is 0 Å². The predicted octanol–water partition coefficient (Wildman–Crippen LogP) is 5.13. The van der Waals surface area contributed by atoms with Crippen LogP contribution in [0.1, 0.15) is 29.5 Å². The van der Waals surface area contributed by atoms with E-state index in [1.807, 2.05) is 53.3 Å². The molecule has 6 nitrogen and oxygen atoms in total. The Balaban J connectivity index is 1.26. The van der Waals surface area contributed by atoms with E-state index in [4.69, 9.17) is 5.10 Å². The van der Waals surface area contributed by atoms with E-state index in [0.717, 1.165) is 49.7 Å². The van der Waals surface area contributed by atoms with Gasteiger partial charge in [-0.15, -0.1) is 0 Å². The summed E-state index contributed by atoms with van der Waals surface area (Å²) in [4.78, 5) is 15.3. The SMILES string of the molecule is Cc1cc(C)cc(NC(=O)C2CCN(Cc3cnn(-c4ccccc4)c3-n3cccc3)CC2)c1. The molecule has 1 aliphatic rings. The molecule has 2 aromatic heterocycles. The fourth-order valence-electron chi connectivity index (χ4n) is 4.88. The first-order valence-electron chi connectivity index (χ1n) is 11.9.